The molecule has 110 valence electrons. The first-order chi connectivity index (χ1) is 9.61. The summed E-state index contributed by atoms with van der Waals surface area (Å²) in [7, 11) is 0. The van der Waals surface area contributed by atoms with E-state index >= 15 is 0 Å². The summed E-state index contributed by atoms with van der Waals surface area (Å²) < 4.78 is 4.83. The molecule has 2 unspecified atom stereocenters. The number of rotatable bonds is 8. The number of aliphatic hydroxyl groups excluding tert-OH is 3. The molecule has 0 spiro atoms. The van der Waals surface area contributed by atoms with Crippen LogP contribution in [0, 0.1) is 0 Å². The molecule has 0 bridgehead atoms. The van der Waals surface area contributed by atoms with Gasteiger partial charge in [0, 0.05) is 12.8 Å². The number of ether oxygens (including phenoxy) is 1. The van der Waals surface area contributed by atoms with E-state index in [-0.39, 0.29) is 19.4 Å². The summed E-state index contributed by atoms with van der Waals surface area (Å²) in [5.41, 5.74) is 0.573. The van der Waals surface area contributed by atoms with Crippen molar-refractivity contribution in [3.05, 3.63) is 30.3 Å². The van der Waals surface area contributed by atoms with Gasteiger partial charge in [-0.2, -0.15) is 0 Å². The molecule has 1 rings (SSSR count). The Bertz CT molecular complexity index is 424. The number of hydrogen-bond donors (Lipinski definition) is 3. The topological polar surface area (TPSA) is 112 Å². The summed E-state index contributed by atoms with van der Waals surface area (Å²) in [6.45, 7) is -0.645. The fourth-order valence-corrected chi connectivity index (χ4v) is 1.26. The number of amides is 1. The molecular formula is C13H18N2O5. The van der Waals surface area contributed by atoms with Gasteiger partial charge in [-0.25, -0.2) is 0 Å². The Morgan fingerprint density at radius 3 is 2.60 bits per heavy atom. The van der Waals surface area contributed by atoms with Gasteiger partial charge in [0.15, 0.2) is 6.29 Å². The molecular weight excluding hydrogens is 264 g/mol. The van der Waals surface area contributed by atoms with Crippen molar-refractivity contribution in [2.24, 2.45) is 10.2 Å². The lowest BCUT2D eigenvalue weighted by Gasteiger charge is -2.13. The summed E-state index contributed by atoms with van der Waals surface area (Å²) in [4.78, 5) is 11.4. The molecule has 0 radical (unpaired) electrons. The molecule has 1 aromatic rings. The van der Waals surface area contributed by atoms with Gasteiger partial charge in [-0.1, -0.05) is 18.2 Å². The van der Waals surface area contributed by atoms with Crippen LogP contribution in [-0.4, -0.2) is 46.8 Å². The largest absolute Gasteiger partial charge is 0.394 e. The number of nitrogens with zero attached hydrogens (tertiary/aromatic N) is 2. The van der Waals surface area contributed by atoms with Crippen molar-refractivity contribution in [2.45, 2.75) is 25.2 Å². The first-order valence-corrected chi connectivity index (χ1v) is 6.20. The summed E-state index contributed by atoms with van der Waals surface area (Å²) in [6.07, 6.45) is -2.21. The Morgan fingerprint density at radius 2 is 1.95 bits per heavy atom. The first kappa shape index (κ1) is 16.4. The normalized spacial score (nSPS) is 14.3. The molecule has 1 aromatic carbocycles. The summed E-state index contributed by atoms with van der Waals surface area (Å²) in [6, 6.07) is 8.82. The molecule has 0 aliphatic rings. The highest BCUT2D eigenvalue weighted by molar-refractivity contribution is 5.76. The Labute approximate surface area is 116 Å². The van der Waals surface area contributed by atoms with Crippen LogP contribution in [0.25, 0.3) is 0 Å². The molecule has 0 heterocycles. The Kier molecular flexibility index (Phi) is 7.59. The van der Waals surface area contributed by atoms with Crippen molar-refractivity contribution < 1.29 is 24.9 Å². The van der Waals surface area contributed by atoms with Crippen molar-refractivity contribution >= 4 is 11.6 Å². The van der Waals surface area contributed by atoms with Crippen LogP contribution in [0.4, 0.5) is 5.69 Å². The highest BCUT2D eigenvalue weighted by Crippen LogP contribution is 2.11. The number of hydrogen-bond acceptors (Lipinski definition) is 6. The molecule has 20 heavy (non-hydrogen) atoms. The van der Waals surface area contributed by atoms with Crippen LogP contribution in [0.5, 0.6) is 0 Å². The molecule has 0 saturated heterocycles. The predicted molar refractivity (Wildman–Crippen MR) is 70.3 cm³/mol. The predicted octanol–water partition coefficient (Wildman–Crippen LogP) is 0.765. The highest BCUT2D eigenvalue weighted by Gasteiger charge is 2.10. The van der Waals surface area contributed by atoms with E-state index in [1.54, 1.807) is 24.3 Å². The van der Waals surface area contributed by atoms with E-state index in [9.17, 15) is 9.90 Å². The summed E-state index contributed by atoms with van der Waals surface area (Å²) in [5.74, 6) is -0.473. The van der Waals surface area contributed by atoms with E-state index in [1.165, 1.54) is 0 Å². The third-order valence-corrected chi connectivity index (χ3v) is 2.33. The van der Waals surface area contributed by atoms with Crippen LogP contribution >= 0.6 is 0 Å². The summed E-state index contributed by atoms with van der Waals surface area (Å²) >= 11 is 0. The molecule has 0 saturated carbocycles. The van der Waals surface area contributed by atoms with E-state index in [4.69, 9.17) is 14.9 Å². The van der Waals surface area contributed by atoms with Gasteiger partial charge in [0.2, 0.25) is 0 Å². The number of benzene rings is 1. The number of carbonyl (C=O) groups is 1. The van der Waals surface area contributed by atoms with Crippen LogP contribution < -0.4 is 0 Å². The smallest absolute Gasteiger partial charge is 0.264 e. The van der Waals surface area contributed by atoms with Crippen LogP contribution in [0.15, 0.2) is 40.6 Å². The minimum absolute atomic E-state index is 0.0211. The standard InChI is InChI=1S/C13H18N2O5/c16-8-11(17)9-20-13(19)7-6-12(18)15-14-10-4-2-1-3-5-10/h1-5,11,13,16-17,19H,6-9H2. The van der Waals surface area contributed by atoms with Gasteiger partial charge in [-0.15, -0.1) is 10.2 Å². The Hall–Kier alpha value is -1.67. The minimum Gasteiger partial charge on any atom is -0.394 e. The zero-order valence-corrected chi connectivity index (χ0v) is 10.9. The summed E-state index contributed by atoms with van der Waals surface area (Å²) in [5, 5.41) is 34.2. The fourth-order valence-electron chi connectivity index (χ4n) is 1.26. The average Bonchev–Trinajstić information content (AvgIpc) is 2.49. The fraction of sp³-hybridized carbons (Fsp3) is 0.462. The number of carbonyl (C=O) groups excluding carboxylic acids is 1. The van der Waals surface area contributed by atoms with Crippen LogP contribution in [0.1, 0.15) is 12.8 Å². The Morgan fingerprint density at radius 1 is 1.25 bits per heavy atom. The van der Waals surface area contributed by atoms with E-state index in [2.05, 4.69) is 10.2 Å². The van der Waals surface area contributed by atoms with Crippen molar-refractivity contribution in [3.63, 3.8) is 0 Å². The third kappa shape index (κ3) is 7.05. The van der Waals surface area contributed by atoms with Crippen LogP contribution in [-0.2, 0) is 9.53 Å². The molecule has 2 atom stereocenters. The first-order valence-electron chi connectivity index (χ1n) is 6.20. The number of aliphatic hydroxyl groups is 3. The SMILES string of the molecule is O=C(CCC(O)OCC(O)CO)N=Nc1ccccc1. The third-order valence-electron chi connectivity index (χ3n) is 2.33. The van der Waals surface area contributed by atoms with Crippen molar-refractivity contribution in [2.75, 3.05) is 13.2 Å². The molecule has 0 aliphatic carbocycles. The minimum atomic E-state index is -1.19. The van der Waals surface area contributed by atoms with Gasteiger partial charge in [0.25, 0.3) is 5.91 Å². The molecule has 0 aromatic heterocycles. The molecule has 3 N–H and O–H groups in total. The maximum absolute atomic E-state index is 11.4. The highest BCUT2D eigenvalue weighted by atomic mass is 16.6. The Balaban J connectivity index is 2.24. The van der Waals surface area contributed by atoms with Gasteiger partial charge >= 0.3 is 0 Å². The lowest BCUT2D eigenvalue weighted by atomic mass is 10.3. The monoisotopic (exact) mass is 282 g/mol. The van der Waals surface area contributed by atoms with Crippen LogP contribution in [0.2, 0.25) is 0 Å². The average molecular weight is 282 g/mol. The van der Waals surface area contributed by atoms with E-state index in [0.29, 0.717) is 5.69 Å². The van der Waals surface area contributed by atoms with Gasteiger partial charge in [0.05, 0.1) is 18.9 Å². The van der Waals surface area contributed by atoms with Crippen molar-refractivity contribution in [1.29, 1.82) is 0 Å². The lowest BCUT2D eigenvalue weighted by Crippen LogP contribution is -2.24. The number of azo groups is 1. The van der Waals surface area contributed by atoms with Crippen molar-refractivity contribution in [1.82, 2.24) is 0 Å². The van der Waals surface area contributed by atoms with E-state index < -0.39 is 24.9 Å². The van der Waals surface area contributed by atoms with Gasteiger partial charge in [-0.05, 0) is 12.1 Å². The maximum Gasteiger partial charge on any atom is 0.264 e. The van der Waals surface area contributed by atoms with Crippen LogP contribution in [0.3, 0.4) is 0 Å². The van der Waals surface area contributed by atoms with Gasteiger partial charge in [-0.3, -0.25) is 4.79 Å². The maximum atomic E-state index is 11.4. The molecule has 7 nitrogen and oxygen atoms in total. The van der Waals surface area contributed by atoms with Crippen molar-refractivity contribution in [3.8, 4) is 0 Å². The zero-order valence-electron chi connectivity index (χ0n) is 10.9. The second-order valence-corrected chi connectivity index (χ2v) is 4.09. The molecule has 0 fully saturated rings. The van der Waals surface area contributed by atoms with E-state index in [0.717, 1.165) is 0 Å². The van der Waals surface area contributed by atoms with Gasteiger partial charge in [0.1, 0.15) is 6.10 Å². The zero-order chi connectivity index (χ0) is 14.8. The second-order valence-electron chi connectivity index (χ2n) is 4.09. The molecule has 1 amide bonds. The van der Waals surface area contributed by atoms with E-state index in [1.807, 2.05) is 6.07 Å². The lowest BCUT2D eigenvalue weighted by molar-refractivity contribution is -0.136. The molecule has 7 heteroatoms. The second kappa shape index (κ2) is 9.27. The van der Waals surface area contributed by atoms with Gasteiger partial charge < -0.3 is 20.1 Å². The molecule has 0 aliphatic heterocycles. The quantitative estimate of drug-likeness (QED) is 0.481.